The molecule has 0 unspecified atom stereocenters. The Bertz CT molecular complexity index is 923. The molecule has 1 amide bonds. The summed E-state index contributed by atoms with van der Waals surface area (Å²) in [5, 5.41) is 0. The van der Waals surface area contributed by atoms with Gasteiger partial charge in [0.15, 0.2) is 0 Å². The summed E-state index contributed by atoms with van der Waals surface area (Å²) < 4.78 is 2.00. The van der Waals surface area contributed by atoms with Gasteiger partial charge in [-0.25, -0.2) is 4.98 Å². The van der Waals surface area contributed by atoms with Crippen LogP contribution in [0.2, 0.25) is 0 Å². The number of imidazole rings is 1. The monoisotopic (exact) mass is 360 g/mol. The fraction of sp³-hybridized carbons (Fsp3) is 0.273. The number of benzene rings is 2. The first-order chi connectivity index (χ1) is 13.1. The second-order valence-electron chi connectivity index (χ2n) is 7.20. The number of anilines is 1. The van der Waals surface area contributed by atoms with E-state index in [-0.39, 0.29) is 5.91 Å². The maximum absolute atomic E-state index is 12.7. The summed E-state index contributed by atoms with van der Waals surface area (Å²) in [6.45, 7) is 3.51. The molecule has 0 aliphatic carbocycles. The maximum atomic E-state index is 12.7. The average molecular weight is 360 g/mol. The second-order valence-corrected chi connectivity index (χ2v) is 7.20. The van der Waals surface area contributed by atoms with E-state index in [4.69, 9.17) is 5.73 Å². The first-order valence-electron chi connectivity index (χ1n) is 9.35. The minimum Gasteiger partial charge on any atom is -0.398 e. The Morgan fingerprint density at radius 3 is 2.48 bits per heavy atom. The number of hydrogen-bond donors (Lipinski definition) is 1. The van der Waals surface area contributed by atoms with Gasteiger partial charge in [0.2, 0.25) is 0 Å². The Hall–Kier alpha value is -3.08. The molecule has 0 atom stereocenters. The van der Waals surface area contributed by atoms with Crippen molar-refractivity contribution in [1.82, 2.24) is 14.5 Å². The SMILES string of the molecule is Cc1ccc(C(=O)N2CCC(c3ccc(-n4ccnc4)cc3)CC2)cc1N. The lowest BCUT2D eigenvalue weighted by Gasteiger charge is -2.32. The van der Waals surface area contributed by atoms with Gasteiger partial charge in [-0.2, -0.15) is 0 Å². The number of carbonyl (C=O) groups is 1. The van der Waals surface area contributed by atoms with E-state index in [0.29, 0.717) is 17.2 Å². The Morgan fingerprint density at radius 1 is 1.11 bits per heavy atom. The zero-order chi connectivity index (χ0) is 18.8. The Labute approximate surface area is 159 Å². The molecule has 1 fully saturated rings. The highest BCUT2D eigenvalue weighted by Crippen LogP contribution is 2.29. The van der Waals surface area contributed by atoms with Crippen LogP contribution in [-0.2, 0) is 0 Å². The van der Waals surface area contributed by atoms with Crippen LogP contribution in [0.15, 0.2) is 61.2 Å². The minimum absolute atomic E-state index is 0.0793. The van der Waals surface area contributed by atoms with Crippen LogP contribution >= 0.6 is 0 Å². The number of piperidine rings is 1. The van der Waals surface area contributed by atoms with E-state index in [1.54, 1.807) is 18.6 Å². The summed E-state index contributed by atoms with van der Waals surface area (Å²) in [4.78, 5) is 18.8. The van der Waals surface area contributed by atoms with Crippen LogP contribution in [0, 0.1) is 6.92 Å². The van der Waals surface area contributed by atoms with Crippen molar-refractivity contribution in [2.24, 2.45) is 0 Å². The van der Waals surface area contributed by atoms with Crippen LogP contribution in [-0.4, -0.2) is 33.4 Å². The normalized spacial score (nSPS) is 15.1. The third kappa shape index (κ3) is 3.58. The molecule has 4 rings (SSSR count). The molecule has 2 heterocycles. The van der Waals surface area contributed by atoms with Gasteiger partial charge < -0.3 is 15.2 Å². The number of hydrogen-bond acceptors (Lipinski definition) is 3. The molecule has 2 aromatic carbocycles. The average Bonchev–Trinajstić information content (AvgIpc) is 3.25. The molecular formula is C22H24N4O. The first kappa shape index (κ1) is 17.3. The molecule has 1 saturated heterocycles. The minimum atomic E-state index is 0.0793. The highest BCUT2D eigenvalue weighted by molar-refractivity contribution is 5.95. The molecule has 27 heavy (non-hydrogen) atoms. The number of nitrogens with two attached hydrogens (primary N) is 1. The van der Waals surface area contributed by atoms with Gasteiger partial charge in [-0.05, 0) is 61.1 Å². The van der Waals surface area contributed by atoms with Crippen molar-refractivity contribution in [2.75, 3.05) is 18.8 Å². The Morgan fingerprint density at radius 2 is 1.85 bits per heavy atom. The van der Waals surface area contributed by atoms with Gasteiger partial charge in [0.05, 0.1) is 6.33 Å². The number of nitrogen functional groups attached to an aromatic ring is 1. The molecule has 2 N–H and O–H groups in total. The van der Waals surface area contributed by atoms with Crippen molar-refractivity contribution < 1.29 is 4.79 Å². The topological polar surface area (TPSA) is 64.2 Å². The molecule has 138 valence electrons. The van der Waals surface area contributed by atoms with Crippen molar-refractivity contribution in [3.05, 3.63) is 77.9 Å². The van der Waals surface area contributed by atoms with Gasteiger partial charge in [0.1, 0.15) is 0 Å². The van der Waals surface area contributed by atoms with E-state index in [0.717, 1.165) is 37.2 Å². The zero-order valence-electron chi connectivity index (χ0n) is 15.5. The highest BCUT2D eigenvalue weighted by Gasteiger charge is 2.24. The number of amides is 1. The van der Waals surface area contributed by atoms with Crippen molar-refractivity contribution in [2.45, 2.75) is 25.7 Å². The first-order valence-corrected chi connectivity index (χ1v) is 9.35. The van der Waals surface area contributed by atoms with E-state index in [2.05, 4.69) is 29.2 Å². The molecular weight excluding hydrogens is 336 g/mol. The third-order valence-corrected chi connectivity index (χ3v) is 5.48. The summed E-state index contributed by atoms with van der Waals surface area (Å²) in [7, 11) is 0. The van der Waals surface area contributed by atoms with Crippen LogP contribution < -0.4 is 5.73 Å². The standard InChI is InChI=1S/C22H24N4O/c1-16-2-3-19(14-21(16)23)22(27)25-11-8-18(9-12-25)17-4-6-20(7-5-17)26-13-10-24-15-26/h2-7,10,13-15,18H,8-9,11-12,23H2,1H3. The summed E-state index contributed by atoms with van der Waals surface area (Å²) in [6, 6.07) is 14.2. The van der Waals surface area contributed by atoms with Crippen LogP contribution in [0.5, 0.6) is 0 Å². The van der Waals surface area contributed by atoms with Crippen LogP contribution in [0.3, 0.4) is 0 Å². The van der Waals surface area contributed by atoms with Crippen molar-refractivity contribution in [3.63, 3.8) is 0 Å². The number of aryl methyl sites for hydroxylation is 1. The molecule has 0 saturated carbocycles. The molecule has 1 aromatic heterocycles. The quantitative estimate of drug-likeness (QED) is 0.723. The fourth-order valence-corrected chi connectivity index (χ4v) is 3.70. The largest absolute Gasteiger partial charge is 0.398 e. The van der Waals surface area contributed by atoms with Crippen LogP contribution in [0.4, 0.5) is 5.69 Å². The van der Waals surface area contributed by atoms with Crippen molar-refractivity contribution in [1.29, 1.82) is 0 Å². The molecule has 0 bridgehead atoms. The van der Waals surface area contributed by atoms with Crippen LogP contribution in [0.25, 0.3) is 5.69 Å². The molecule has 0 radical (unpaired) electrons. The molecule has 3 aromatic rings. The lowest BCUT2D eigenvalue weighted by molar-refractivity contribution is 0.0713. The van der Waals surface area contributed by atoms with E-state index < -0.39 is 0 Å². The van der Waals surface area contributed by atoms with E-state index in [1.807, 2.05) is 34.7 Å². The highest BCUT2D eigenvalue weighted by atomic mass is 16.2. The second kappa shape index (κ2) is 7.27. The fourth-order valence-electron chi connectivity index (χ4n) is 3.70. The number of likely N-dealkylation sites (tertiary alicyclic amines) is 1. The van der Waals surface area contributed by atoms with Crippen molar-refractivity contribution in [3.8, 4) is 5.69 Å². The number of nitrogens with zero attached hydrogens (tertiary/aromatic N) is 3. The van der Waals surface area contributed by atoms with Gasteiger partial charge in [-0.1, -0.05) is 18.2 Å². The predicted octanol–water partition coefficient (Wildman–Crippen LogP) is 3.78. The van der Waals surface area contributed by atoms with Gasteiger partial charge in [-0.15, -0.1) is 0 Å². The zero-order valence-corrected chi connectivity index (χ0v) is 15.5. The number of carbonyl (C=O) groups excluding carboxylic acids is 1. The van der Waals surface area contributed by atoms with Gasteiger partial charge >= 0.3 is 0 Å². The van der Waals surface area contributed by atoms with E-state index >= 15 is 0 Å². The van der Waals surface area contributed by atoms with Gasteiger partial charge in [0.25, 0.3) is 5.91 Å². The van der Waals surface area contributed by atoms with Crippen LogP contribution in [0.1, 0.15) is 40.2 Å². The third-order valence-electron chi connectivity index (χ3n) is 5.48. The number of aromatic nitrogens is 2. The maximum Gasteiger partial charge on any atom is 0.253 e. The molecule has 1 aliphatic heterocycles. The molecule has 1 aliphatic rings. The Balaban J connectivity index is 1.39. The number of rotatable bonds is 3. The summed E-state index contributed by atoms with van der Waals surface area (Å²) in [5.74, 6) is 0.574. The smallest absolute Gasteiger partial charge is 0.253 e. The summed E-state index contributed by atoms with van der Waals surface area (Å²) >= 11 is 0. The predicted molar refractivity (Wildman–Crippen MR) is 107 cm³/mol. The molecule has 0 spiro atoms. The van der Waals surface area contributed by atoms with E-state index in [9.17, 15) is 4.79 Å². The van der Waals surface area contributed by atoms with Gasteiger partial charge in [-0.3, -0.25) is 4.79 Å². The summed E-state index contributed by atoms with van der Waals surface area (Å²) in [6.07, 6.45) is 7.49. The lowest BCUT2D eigenvalue weighted by Crippen LogP contribution is -2.37. The summed E-state index contributed by atoms with van der Waals surface area (Å²) in [5.41, 5.74) is 10.8. The molecule has 5 heteroatoms. The molecule has 5 nitrogen and oxygen atoms in total. The van der Waals surface area contributed by atoms with Crippen molar-refractivity contribution >= 4 is 11.6 Å². The van der Waals surface area contributed by atoms with Gasteiger partial charge in [0, 0.05) is 42.4 Å². The lowest BCUT2D eigenvalue weighted by atomic mass is 9.89. The Kier molecular flexibility index (Phi) is 4.67. The van der Waals surface area contributed by atoms with E-state index in [1.165, 1.54) is 5.56 Å².